The average molecular weight is 286 g/mol. The molecule has 0 aliphatic carbocycles. The van der Waals surface area contributed by atoms with Gasteiger partial charge in [-0.05, 0) is 42.3 Å². The van der Waals surface area contributed by atoms with E-state index < -0.39 is 0 Å². The molecule has 0 radical (unpaired) electrons. The number of piperidine rings is 1. The standard InChI is InChI=1S/C16H18N2OS/c1-12-6-8-18(9-7-12)16(19)13-4-5-14(17-11-13)15-3-2-10-20-15/h2-5,10-12H,6-9H2,1H3. The van der Waals surface area contributed by atoms with Crippen LogP contribution in [0.15, 0.2) is 35.8 Å². The van der Waals surface area contributed by atoms with Crippen molar-refractivity contribution in [2.75, 3.05) is 13.1 Å². The minimum atomic E-state index is 0.113. The fourth-order valence-corrected chi connectivity index (χ4v) is 3.19. The van der Waals surface area contributed by atoms with Crippen LogP contribution in [-0.2, 0) is 0 Å². The molecule has 3 nitrogen and oxygen atoms in total. The van der Waals surface area contributed by atoms with Crippen LogP contribution in [0.5, 0.6) is 0 Å². The minimum absolute atomic E-state index is 0.113. The number of pyridine rings is 1. The maximum absolute atomic E-state index is 12.4. The summed E-state index contributed by atoms with van der Waals surface area (Å²) in [7, 11) is 0. The number of thiophene rings is 1. The molecule has 0 aromatic carbocycles. The summed E-state index contributed by atoms with van der Waals surface area (Å²) in [6.45, 7) is 3.98. The monoisotopic (exact) mass is 286 g/mol. The lowest BCUT2D eigenvalue weighted by molar-refractivity contribution is 0.0697. The van der Waals surface area contributed by atoms with Crippen molar-refractivity contribution in [1.82, 2.24) is 9.88 Å². The molecule has 4 heteroatoms. The van der Waals surface area contributed by atoms with Crippen LogP contribution < -0.4 is 0 Å². The van der Waals surface area contributed by atoms with E-state index in [2.05, 4.69) is 11.9 Å². The highest BCUT2D eigenvalue weighted by Crippen LogP contribution is 2.23. The summed E-state index contributed by atoms with van der Waals surface area (Å²) in [4.78, 5) is 19.9. The van der Waals surface area contributed by atoms with Crippen LogP contribution in [0.4, 0.5) is 0 Å². The topological polar surface area (TPSA) is 33.2 Å². The van der Waals surface area contributed by atoms with Crippen molar-refractivity contribution in [3.8, 4) is 10.6 Å². The molecule has 3 rings (SSSR count). The number of carbonyl (C=O) groups is 1. The summed E-state index contributed by atoms with van der Waals surface area (Å²) in [6.07, 6.45) is 3.91. The third-order valence-electron chi connectivity index (χ3n) is 3.85. The molecule has 1 aliphatic heterocycles. The summed E-state index contributed by atoms with van der Waals surface area (Å²) < 4.78 is 0. The Morgan fingerprint density at radius 1 is 1.30 bits per heavy atom. The van der Waals surface area contributed by atoms with Gasteiger partial charge in [-0.15, -0.1) is 11.3 Å². The molecule has 0 saturated carbocycles. The van der Waals surface area contributed by atoms with Crippen LogP contribution in [0.2, 0.25) is 0 Å². The van der Waals surface area contributed by atoms with Gasteiger partial charge in [-0.25, -0.2) is 0 Å². The van der Waals surface area contributed by atoms with Gasteiger partial charge in [-0.1, -0.05) is 13.0 Å². The number of hydrogen-bond acceptors (Lipinski definition) is 3. The Balaban J connectivity index is 1.73. The Kier molecular flexibility index (Phi) is 3.83. The predicted molar refractivity (Wildman–Crippen MR) is 81.9 cm³/mol. The van der Waals surface area contributed by atoms with E-state index in [9.17, 15) is 4.79 Å². The second kappa shape index (κ2) is 5.75. The van der Waals surface area contributed by atoms with Gasteiger partial charge in [0.1, 0.15) is 0 Å². The third kappa shape index (κ3) is 2.75. The largest absolute Gasteiger partial charge is 0.339 e. The lowest BCUT2D eigenvalue weighted by atomic mass is 9.99. The molecule has 20 heavy (non-hydrogen) atoms. The summed E-state index contributed by atoms with van der Waals surface area (Å²) in [5.74, 6) is 0.848. The van der Waals surface area contributed by atoms with Crippen molar-refractivity contribution in [3.05, 3.63) is 41.4 Å². The van der Waals surface area contributed by atoms with Crippen LogP contribution in [-0.4, -0.2) is 28.9 Å². The number of likely N-dealkylation sites (tertiary alicyclic amines) is 1. The van der Waals surface area contributed by atoms with Crippen LogP contribution in [0, 0.1) is 5.92 Å². The van der Waals surface area contributed by atoms with E-state index in [0.717, 1.165) is 42.4 Å². The maximum atomic E-state index is 12.4. The van der Waals surface area contributed by atoms with Crippen molar-refractivity contribution < 1.29 is 4.79 Å². The van der Waals surface area contributed by atoms with Crippen LogP contribution in [0.25, 0.3) is 10.6 Å². The molecule has 104 valence electrons. The molecule has 0 bridgehead atoms. The van der Waals surface area contributed by atoms with E-state index >= 15 is 0 Å². The number of hydrogen-bond donors (Lipinski definition) is 0. The van der Waals surface area contributed by atoms with Gasteiger partial charge in [0, 0.05) is 19.3 Å². The molecule has 1 fully saturated rings. The lowest BCUT2D eigenvalue weighted by Gasteiger charge is -2.30. The minimum Gasteiger partial charge on any atom is -0.339 e. The van der Waals surface area contributed by atoms with Gasteiger partial charge >= 0.3 is 0 Å². The fraction of sp³-hybridized carbons (Fsp3) is 0.375. The molecule has 0 atom stereocenters. The normalized spacial score (nSPS) is 16.4. The number of aromatic nitrogens is 1. The number of rotatable bonds is 2. The first-order valence-electron chi connectivity index (χ1n) is 7.03. The summed E-state index contributed by atoms with van der Waals surface area (Å²) in [6, 6.07) is 7.88. The van der Waals surface area contributed by atoms with Gasteiger partial charge in [0.05, 0.1) is 16.1 Å². The molecule has 1 amide bonds. The van der Waals surface area contributed by atoms with E-state index in [1.54, 1.807) is 17.5 Å². The number of amides is 1. The van der Waals surface area contributed by atoms with Crippen molar-refractivity contribution in [2.45, 2.75) is 19.8 Å². The van der Waals surface area contributed by atoms with Crippen molar-refractivity contribution in [2.24, 2.45) is 5.92 Å². The second-order valence-corrected chi connectivity index (χ2v) is 6.33. The Labute approximate surface area is 123 Å². The van der Waals surface area contributed by atoms with Crippen LogP contribution in [0.1, 0.15) is 30.1 Å². The zero-order valence-electron chi connectivity index (χ0n) is 11.6. The van der Waals surface area contributed by atoms with E-state index in [1.807, 2.05) is 34.5 Å². The van der Waals surface area contributed by atoms with Crippen molar-refractivity contribution in [1.29, 1.82) is 0 Å². The fourth-order valence-electron chi connectivity index (χ4n) is 2.48. The molecule has 0 unspecified atom stereocenters. The van der Waals surface area contributed by atoms with Gasteiger partial charge < -0.3 is 4.90 Å². The molecular formula is C16H18N2OS. The molecule has 2 aromatic rings. The Bertz CT molecular complexity index is 569. The highest BCUT2D eigenvalue weighted by molar-refractivity contribution is 7.13. The molecular weight excluding hydrogens is 268 g/mol. The molecule has 0 N–H and O–H groups in total. The van der Waals surface area contributed by atoms with Gasteiger partial charge in [0.2, 0.25) is 0 Å². The molecule has 0 spiro atoms. The SMILES string of the molecule is CC1CCN(C(=O)c2ccc(-c3cccs3)nc2)CC1. The molecule has 1 aliphatic rings. The van der Waals surface area contributed by atoms with E-state index in [-0.39, 0.29) is 5.91 Å². The van der Waals surface area contributed by atoms with Crippen molar-refractivity contribution in [3.63, 3.8) is 0 Å². The first kappa shape index (κ1) is 13.3. The Hall–Kier alpha value is -1.68. The Morgan fingerprint density at radius 3 is 2.70 bits per heavy atom. The van der Waals surface area contributed by atoms with Gasteiger partial charge in [-0.2, -0.15) is 0 Å². The summed E-state index contributed by atoms with van der Waals surface area (Å²) in [5, 5.41) is 2.03. The molecule has 3 heterocycles. The quantitative estimate of drug-likeness (QED) is 0.843. The van der Waals surface area contributed by atoms with Gasteiger partial charge in [0.25, 0.3) is 5.91 Å². The van der Waals surface area contributed by atoms with Crippen LogP contribution in [0.3, 0.4) is 0 Å². The summed E-state index contributed by atoms with van der Waals surface area (Å²) in [5.41, 5.74) is 1.63. The highest BCUT2D eigenvalue weighted by Gasteiger charge is 2.21. The smallest absolute Gasteiger partial charge is 0.255 e. The molecule has 2 aromatic heterocycles. The van der Waals surface area contributed by atoms with E-state index in [4.69, 9.17) is 0 Å². The molecule has 1 saturated heterocycles. The maximum Gasteiger partial charge on any atom is 0.255 e. The lowest BCUT2D eigenvalue weighted by Crippen LogP contribution is -2.37. The third-order valence-corrected chi connectivity index (χ3v) is 4.75. The van der Waals surface area contributed by atoms with Crippen molar-refractivity contribution >= 4 is 17.2 Å². The zero-order valence-corrected chi connectivity index (χ0v) is 12.4. The Morgan fingerprint density at radius 2 is 2.10 bits per heavy atom. The first-order chi connectivity index (χ1) is 9.74. The van der Waals surface area contributed by atoms with E-state index in [0.29, 0.717) is 5.56 Å². The summed E-state index contributed by atoms with van der Waals surface area (Å²) >= 11 is 1.66. The average Bonchev–Trinajstić information content (AvgIpc) is 3.02. The first-order valence-corrected chi connectivity index (χ1v) is 7.91. The second-order valence-electron chi connectivity index (χ2n) is 5.38. The van der Waals surface area contributed by atoms with Gasteiger partial charge in [0.15, 0.2) is 0 Å². The van der Waals surface area contributed by atoms with E-state index in [1.165, 1.54) is 0 Å². The number of nitrogens with zero attached hydrogens (tertiary/aromatic N) is 2. The predicted octanol–water partition coefficient (Wildman–Crippen LogP) is 3.68. The van der Waals surface area contributed by atoms with Gasteiger partial charge in [-0.3, -0.25) is 9.78 Å². The zero-order chi connectivity index (χ0) is 13.9. The highest BCUT2D eigenvalue weighted by atomic mass is 32.1. The number of carbonyl (C=O) groups excluding carboxylic acids is 1. The van der Waals surface area contributed by atoms with Crippen LogP contribution >= 0.6 is 11.3 Å².